The van der Waals surface area contributed by atoms with Gasteiger partial charge < -0.3 is 14.7 Å². The van der Waals surface area contributed by atoms with Gasteiger partial charge in [0.15, 0.2) is 6.10 Å². The molecule has 9 heteroatoms. The number of carbonyl (C=O) groups is 2. The molecule has 1 aliphatic heterocycles. The van der Waals surface area contributed by atoms with Gasteiger partial charge in [0.05, 0.1) is 18.0 Å². The molecule has 1 aliphatic rings. The van der Waals surface area contributed by atoms with Crippen molar-refractivity contribution in [3.63, 3.8) is 0 Å². The lowest BCUT2D eigenvalue weighted by Crippen LogP contribution is -2.51. The van der Waals surface area contributed by atoms with Gasteiger partial charge in [-0.15, -0.1) is 0 Å². The fourth-order valence-electron chi connectivity index (χ4n) is 2.59. The molecule has 1 N–H and O–H groups in total. The molecule has 1 heterocycles. The Morgan fingerprint density at radius 1 is 1.40 bits per heavy atom. The highest BCUT2D eigenvalue weighted by Crippen LogP contribution is 2.36. The van der Waals surface area contributed by atoms with E-state index in [0.717, 1.165) is 12.1 Å². The normalized spacial score (nSPS) is 19.4. The van der Waals surface area contributed by atoms with E-state index in [1.807, 2.05) is 0 Å². The number of ether oxygens (including phenoxy) is 1. The van der Waals surface area contributed by atoms with Crippen LogP contribution in [0.1, 0.15) is 18.9 Å². The summed E-state index contributed by atoms with van der Waals surface area (Å²) in [4.78, 5) is 24.9. The number of amides is 1. The number of rotatable bonds is 5. The molecular formula is C16H18F3NO4S. The molecule has 0 bridgehead atoms. The van der Waals surface area contributed by atoms with E-state index in [2.05, 4.69) is 0 Å². The lowest BCUT2D eigenvalue weighted by Gasteiger charge is -2.36. The van der Waals surface area contributed by atoms with Crippen molar-refractivity contribution in [2.24, 2.45) is 0 Å². The molecule has 1 amide bonds. The van der Waals surface area contributed by atoms with Gasteiger partial charge in [0, 0.05) is 18.1 Å². The average Bonchev–Trinajstić information content (AvgIpc) is 2.53. The largest absolute Gasteiger partial charge is 0.481 e. The Kier molecular flexibility index (Phi) is 6.21. The van der Waals surface area contributed by atoms with Crippen LogP contribution in [0.2, 0.25) is 0 Å². The zero-order valence-electron chi connectivity index (χ0n) is 13.5. The number of thioether (sulfide) groups is 1. The number of hydrogen-bond donors (Lipinski definition) is 1. The zero-order valence-corrected chi connectivity index (χ0v) is 14.3. The maximum absolute atomic E-state index is 13.0. The highest BCUT2D eigenvalue weighted by Gasteiger charge is 2.36. The minimum atomic E-state index is -4.59. The summed E-state index contributed by atoms with van der Waals surface area (Å²) < 4.78 is 44.3. The van der Waals surface area contributed by atoms with Gasteiger partial charge in [-0.25, -0.2) is 0 Å². The van der Waals surface area contributed by atoms with Gasteiger partial charge in [-0.1, -0.05) is 12.1 Å². The van der Waals surface area contributed by atoms with Gasteiger partial charge in [0.1, 0.15) is 5.75 Å². The summed E-state index contributed by atoms with van der Waals surface area (Å²) in [5.41, 5.74) is -0.953. The number of para-hydroxylation sites is 1. The Labute approximate surface area is 147 Å². The van der Waals surface area contributed by atoms with Crippen molar-refractivity contribution in [3.05, 3.63) is 29.8 Å². The van der Waals surface area contributed by atoms with Crippen molar-refractivity contribution in [2.75, 3.05) is 18.1 Å². The second-order valence-electron chi connectivity index (χ2n) is 5.61. The molecule has 0 saturated carbocycles. The summed E-state index contributed by atoms with van der Waals surface area (Å²) in [6.07, 6.45) is -5.94. The van der Waals surface area contributed by atoms with E-state index in [4.69, 9.17) is 9.84 Å². The van der Waals surface area contributed by atoms with Crippen LogP contribution in [0.5, 0.6) is 5.75 Å². The van der Waals surface area contributed by atoms with Gasteiger partial charge in [-0.05, 0) is 19.1 Å². The molecule has 0 aromatic heterocycles. The molecule has 2 atom stereocenters. The van der Waals surface area contributed by atoms with E-state index >= 15 is 0 Å². The summed E-state index contributed by atoms with van der Waals surface area (Å²) in [6.45, 7) is 1.71. The summed E-state index contributed by atoms with van der Waals surface area (Å²) >= 11 is 1.54. The first kappa shape index (κ1) is 19.4. The number of carboxylic acids is 1. The Bertz CT molecular complexity index is 638. The van der Waals surface area contributed by atoms with Gasteiger partial charge >= 0.3 is 12.1 Å². The smallest absolute Gasteiger partial charge is 0.419 e. The number of alkyl halides is 3. The molecule has 1 fully saturated rings. The van der Waals surface area contributed by atoms with Gasteiger partial charge in [-0.2, -0.15) is 24.9 Å². The molecular weight excluding hydrogens is 359 g/mol. The Morgan fingerprint density at radius 2 is 2.08 bits per heavy atom. The summed E-state index contributed by atoms with van der Waals surface area (Å²) in [5, 5.41) is 8.96. The molecule has 138 valence electrons. The first-order valence-corrected chi connectivity index (χ1v) is 8.78. The van der Waals surface area contributed by atoms with Gasteiger partial charge in [0.2, 0.25) is 0 Å². The van der Waals surface area contributed by atoms with Crippen LogP contribution < -0.4 is 4.74 Å². The molecule has 0 radical (unpaired) electrons. The van der Waals surface area contributed by atoms with Crippen molar-refractivity contribution in [3.8, 4) is 5.75 Å². The van der Waals surface area contributed by atoms with Crippen LogP contribution in [0.15, 0.2) is 24.3 Å². The predicted molar refractivity (Wildman–Crippen MR) is 86.6 cm³/mol. The summed E-state index contributed by atoms with van der Waals surface area (Å²) in [6, 6.07) is 4.19. The SMILES string of the molecule is CC(Oc1ccccc1C(F)(F)F)C(=O)N1CCSCC1CC(=O)O. The van der Waals surface area contributed by atoms with Crippen LogP contribution in [0.3, 0.4) is 0 Å². The third kappa shape index (κ3) is 5.04. The van der Waals surface area contributed by atoms with Crippen molar-refractivity contribution in [1.82, 2.24) is 4.90 Å². The van der Waals surface area contributed by atoms with E-state index in [1.165, 1.54) is 24.0 Å². The first-order chi connectivity index (χ1) is 11.7. The minimum absolute atomic E-state index is 0.204. The van der Waals surface area contributed by atoms with Gasteiger partial charge in [0.25, 0.3) is 5.91 Å². The third-order valence-corrected chi connectivity index (χ3v) is 4.86. The number of carbonyl (C=O) groups excluding carboxylic acids is 1. The lowest BCUT2D eigenvalue weighted by molar-refractivity contribution is -0.146. The molecule has 2 rings (SSSR count). The Hall–Kier alpha value is -1.90. The number of benzene rings is 1. The van der Waals surface area contributed by atoms with Gasteiger partial charge in [-0.3, -0.25) is 9.59 Å². The maximum Gasteiger partial charge on any atom is 0.419 e. The van der Waals surface area contributed by atoms with Crippen LogP contribution in [0.25, 0.3) is 0 Å². The predicted octanol–water partition coefficient (Wildman–Crippen LogP) is 2.89. The topological polar surface area (TPSA) is 66.8 Å². The molecule has 2 unspecified atom stereocenters. The average molecular weight is 377 g/mol. The number of hydrogen-bond acceptors (Lipinski definition) is 4. The van der Waals surface area contributed by atoms with E-state index in [-0.39, 0.29) is 6.42 Å². The second-order valence-corrected chi connectivity index (χ2v) is 6.76. The van der Waals surface area contributed by atoms with Crippen molar-refractivity contribution in [1.29, 1.82) is 0 Å². The Balaban J connectivity index is 2.13. The van der Waals surface area contributed by atoms with E-state index in [1.54, 1.807) is 11.8 Å². The fraction of sp³-hybridized carbons (Fsp3) is 0.500. The minimum Gasteiger partial charge on any atom is -0.481 e. The van der Waals surface area contributed by atoms with Crippen LogP contribution in [0, 0.1) is 0 Å². The van der Waals surface area contributed by atoms with Crippen molar-refractivity contribution in [2.45, 2.75) is 31.7 Å². The van der Waals surface area contributed by atoms with Crippen LogP contribution in [0.4, 0.5) is 13.2 Å². The zero-order chi connectivity index (χ0) is 18.6. The molecule has 0 aliphatic carbocycles. The number of halogens is 3. The highest BCUT2D eigenvalue weighted by atomic mass is 32.2. The number of nitrogens with zero attached hydrogens (tertiary/aromatic N) is 1. The summed E-state index contributed by atoms with van der Waals surface area (Å²) in [7, 11) is 0. The van der Waals surface area contributed by atoms with Crippen molar-refractivity contribution >= 4 is 23.6 Å². The lowest BCUT2D eigenvalue weighted by atomic mass is 10.1. The third-order valence-electron chi connectivity index (χ3n) is 3.76. The van der Waals surface area contributed by atoms with E-state index in [9.17, 15) is 22.8 Å². The number of carboxylic acid groups (broad SMARTS) is 1. The van der Waals surface area contributed by atoms with E-state index in [0.29, 0.717) is 18.1 Å². The fourth-order valence-corrected chi connectivity index (χ4v) is 3.66. The molecule has 0 spiro atoms. The van der Waals surface area contributed by atoms with Crippen LogP contribution in [-0.2, 0) is 15.8 Å². The molecule has 1 saturated heterocycles. The van der Waals surface area contributed by atoms with E-state index < -0.39 is 41.5 Å². The van der Waals surface area contributed by atoms with Crippen LogP contribution >= 0.6 is 11.8 Å². The van der Waals surface area contributed by atoms with Crippen molar-refractivity contribution < 1.29 is 32.6 Å². The number of aliphatic carboxylic acids is 1. The molecule has 5 nitrogen and oxygen atoms in total. The Morgan fingerprint density at radius 3 is 2.72 bits per heavy atom. The highest BCUT2D eigenvalue weighted by molar-refractivity contribution is 7.99. The second kappa shape index (κ2) is 7.99. The van der Waals surface area contributed by atoms with Crippen LogP contribution in [-0.4, -0.2) is 52.1 Å². The molecule has 1 aromatic rings. The monoisotopic (exact) mass is 377 g/mol. The maximum atomic E-state index is 13.0. The quantitative estimate of drug-likeness (QED) is 0.855. The summed E-state index contributed by atoms with van der Waals surface area (Å²) in [5.74, 6) is -0.834. The molecule has 1 aromatic carbocycles. The molecule has 25 heavy (non-hydrogen) atoms. The first-order valence-electron chi connectivity index (χ1n) is 7.63. The standard InChI is InChI=1S/C16H18F3NO4S/c1-10(24-13-5-3-2-4-12(13)16(17,18)19)15(23)20-6-7-25-9-11(20)8-14(21)22/h2-5,10-11H,6-9H2,1H3,(H,21,22).